The molecular weight excluding hydrogens is 610 g/mol. The van der Waals surface area contributed by atoms with Crippen LogP contribution in [-0.4, -0.2) is 61.1 Å². The maximum Gasteiger partial charge on any atom is 0.328 e. The molecule has 11 heteroatoms. The molecule has 1 fully saturated rings. The molecule has 46 heavy (non-hydrogen) atoms. The predicted octanol–water partition coefficient (Wildman–Crippen LogP) is 4.45. The van der Waals surface area contributed by atoms with E-state index in [0.717, 1.165) is 5.56 Å². The van der Waals surface area contributed by atoms with E-state index in [1.165, 1.54) is 13.2 Å². The molecule has 0 aliphatic carbocycles. The van der Waals surface area contributed by atoms with Crippen LogP contribution in [-0.2, 0) is 35.1 Å². The lowest BCUT2D eigenvalue weighted by Crippen LogP contribution is -2.51. The number of hydrogen-bond acceptors (Lipinski definition) is 7. The van der Waals surface area contributed by atoms with Gasteiger partial charge in [-0.3, -0.25) is 14.4 Å². The van der Waals surface area contributed by atoms with Gasteiger partial charge in [0.15, 0.2) is 0 Å². The number of esters is 1. The van der Waals surface area contributed by atoms with Crippen molar-refractivity contribution in [2.75, 3.05) is 7.11 Å². The number of amides is 3. The van der Waals surface area contributed by atoms with Gasteiger partial charge in [0, 0.05) is 31.2 Å². The first-order valence-corrected chi connectivity index (χ1v) is 16.1. The number of ether oxygens (including phenoxy) is 3. The highest BCUT2D eigenvalue weighted by Crippen LogP contribution is 2.45. The quantitative estimate of drug-likeness (QED) is 0.283. The van der Waals surface area contributed by atoms with E-state index < -0.39 is 47.9 Å². The van der Waals surface area contributed by atoms with Crippen LogP contribution < -0.4 is 20.7 Å². The van der Waals surface area contributed by atoms with Crippen LogP contribution in [0.1, 0.15) is 64.2 Å². The van der Waals surface area contributed by atoms with Gasteiger partial charge in [0.05, 0.1) is 18.2 Å². The Bertz CT molecular complexity index is 1420. The molecule has 2 aromatic rings. The van der Waals surface area contributed by atoms with E-state index >= 15 is 0 Å². The highest BCUT2D eigenvalue weighted by molar-refractivity contribution is 6.32. The normalized spacial score (nSPS) is 27.5. The number of cyclic esters (lactones) is 1. The van der Waals surface area contributed by atoms with E-state index in [2.05, 4.69) is 16.0 Å². The van der Waals surface area contributed by atoms with Crippen molar-refractivity contribution < 1.29 is 33.4 Å². The van der Waals surface area contributed by atoms with E-state index in [-0.39, 0.29) is 43.3 Å². The molecule has 2 aromatic carbocycles. The number of carbonyl (C=O) groups is 4. The molecule has 0 radical (unpaired) electrons. The van der Waals surface area contributed by atoms with Crippen molar-refractivity contribution in [3.05, 3.63) is 76.8 Å². The second-order valence-corrected chi connectivity index (χ2v) is 12.9. The van der Waals surface area contributed by atoms with E-state index in [0.29, 0.717) is 22.8 Å². The van der Waals surface area contributed by atoms with Gasteiger partial charge in [-0.05, 0) is 48.6 Å². The summed E-state index contributed by atoms with van der Waals surface area (Å²) < 4.78 is 17.3. The molecule has 10 nitrogen and oxygen atoms in total. The van der Waals surface area contributed by atoms with Crippen molar-refractivity contribution in [3.63, 3.8) is 0 Å². The van der Waals surface area contributed by atoms with E-state index in [1.54, 1.807) is 31.2 Å². The maximum atomic E-state index is 13.5. The zero-order valence-electron chi connectivity index (χ0n) is 27.0. The Morgan fingerprint density at radius 2 is 1.72 bits per heavy atom. The number of methoxy groups -OCH3 is 1. The topological polar surface area (TPSA) is 135 Å². The van der Waals surface area contributed by atoms with Crippen LogP contribution in [0.3, 0.4) is 0 Å². The molecule has 0 aromatic heterocycles. The van der Waals surface area contributed by atoms with Crippen LogP contribution in [0.15, 0.2) is 60.7 Å². The van der Waals surface area contributed by atoms with Gasteiger partial charge in [0.2, 0.25) is 17.7 Å². The summed E-state index contributed by atoms with van der Waals surface area (Å²) in [6, 6.07) is 12.6. The monoisotopic (exact) mass is 653 g/mol. The summed E-state index contributed by atoms with van der Waals surface area (Å²) in [5.41, 5.74) is 1.75. The van der Waals surface area contributed by atoms with Gasteiger partial charge in [0.1, 0.15) is 30.0 Å². The molecule has 0 saturated carbocycles. The fourth-order valence-electron chi connectivity index (χ4n) is 5.67. The molecule has 7 atom stereocenters. The number of epoxide rings is 1. The summed E-state index contributed by atoms with van der Waals surface area (Å²) in [4.78, 5) is 53.1. The van der Waals surface area contributed by atoms with Crippen LogP contribution in [0.4, 0.5) is 0 Å². The summed E-state index contributed by atoms with van der Waals surface area (Å²) in [5.74, 6) is -1.51. The predicted molar refractivity (Wildman–Crippen MR) is 174 cm³/mol. The summed E-state index contributed by atoms with van der Waals surface area (Å²) in [7, 11) is 1.51. The van der Waals surface area contributed by atoms with Gasteiger partial charge in [0.25, 0.3) is 0 Å². The summed E-state index contributed by atoms with van der Waals surface area (Å²) >= 11 is 6.31. The van der Waals surface area contributed by atoms with Gasteiger partial charge < -0.3 is 30.2 Å². The molecule has 3 amide bonds. The highest BCUT2D eigenvalue weighted by Gasteiger charge is 2.47. The zero-order chi connectivity index (χ0) is 33.4. The van der Waals surface area contributed by atoms with Crippen LogP contribution in [0.25, 0.3) is 0 Å². The minimum Gasteiger partial charge on any atom is -0.495 e. The number of halogens is 1. The van der Waals surface area contributed by atoms with E-state index in [4.69, 9.17) is 25.8 Å². The van der Waals surface area contributed by atoms with E-state index in [1.807, 2.05) is 51.1 Å². The average Bonchev–Trinajstić information content (AvgIpc) is 3.80. The standard InChI is InChI=1S/C35H44ClN3O7/c1-20(2)16-27-35(43)45-28(22(4)32-33(46-32)24-10-7-6-8-11-24)12-9-13-30(40)38-26(34(42)37-21(3)17-31(41)39-27)19-23-14-15-29(44-5)25(36)18-23/h6-11,13-15,18,20-22,26-28,32-33H,12,16-17,19H2,1-5H3,(H,37,42)(H,38,40)(H,39,41)/b13-9+/t21-,22+,26-,27+,28+,32-,33+/m1/s1. The Morgan fingerprint density at radius 1 is 0.978 bits per heavy atom. The Morgan fingerprint density at radius 3 is 2.39 bits per heavy atom. The first kappa shape index (κ1) is 35.0. The number of nitrogens with one attached hydrogen (secondary N) is 3. The summed E-state index contributed by atoms with van der Waals surface area (Å²) in [5, 5.41) is 8.80. The zero-order valence-corrected chi connectivity index (χ0v) is 27.7. The van der Waals surface area contributed by atoms with Crippen LogP contribution >= 0.6 is 11.6 Å². The van der Waals surface area contributed by atoms with Crippen molar-refractivity contribution in [1.29, 1.82) is 0 Å². The molecule has 248 valence electrons. The molecule has 1 saturated heterocycles. The Kier molecular flexibility index (Phi) is 12.2. The minimum absolute atomic E-state index is 0.0724. The number of carbonyl (C=O) groups excluding carboxylic acids is 4. The fraction of sp³-hybridized carbons (Fsp3) is 0.486. The Labute approximate surface area is 275 Å². The SMILES string of the molecule is COc1ccc(C[C@H]2NC(=O)/C=C/C[C@@H]([C@H](C)[C@H]3O[C@H]3c3ccccc3)OC(=O)[C@H](CC(C)C)NC(=O)C[C@@H](C)NC2=O)cc1Cl. The number of benzene rings is 2. The second-order valence-electron chi connectivity index (χ2n) is 12.5. The first-order chi connectivity index (χ1) is 21.9. The molecule has 0 unspecified atom stereocenters. The number of rotatable bonds is 8. The molecule has 0 bridgehead atoms. The third-order valence-electron chi connectivity index (χ3n) is 8.16. The molecule has 0 spiro atoms. The first-order valence-electron chi connectivity index (χ1n) is 15.7. The van der Waals surface area contributed by atoms with Gasteiger partial charge in [-0.1, -0.05) is 74.8 Å². The molecule has 2 aliphatic rings. The van der Waals surface area contributed by atoms with Gasteiger partial charge in [-0.15, -0.1) is 0 Å². The van der Waals surface area contributed by atoms with Crippen LogP contribution in [0.5, 0.6) is 5.75 Å². The fourth-order valence-corrected chi connectivity index (χ4v) is 5.95. The summed E-state index contributed by atoms with van der Waals surface area (Å²) in [6.07, 6.45) is 2.73. The molecule has 3 N–H and O–H groups in total. The highest BCUT2D eigenvalue weighted by atomic mass is 35.5. The summed E-state index contributed by atoms with van der Waals surface area (Å²) in [6.45, 7) is 7.56. The molecule has 2 aliphatic heterocycles. The number of hydrogen-bond donors (Lipinski definition) is 3. The second kappa shape index (κ2) is 16.1. The van der Waals surface area contributed by atoms with Crippen molar-refractivity contribution in [2.24, 2.45) is 11.8 Å². The van der Waals surface area contributed by atoms with Crippen molar-refractivity contribution >= 4 is 35.3 Å². The lowest BCUT2D eigenvalue weighted by Gasteiger charge is -2.27. The van der Waals surface area contributed by atoms with Crippen molar-refractivity contribution in [2.45, 2.75) is 89.8 Å². The van der Waals surface area contributed by atoms with Gasteiger partial charge in [-0.25, -0.2) is 4.79 Å². The van der Waals surface area contributed by atoms with Crippen LogP contribution in [0.2, 0.25) is 5.02 Å². The molecule has 2 heterocycles. The molecular formula is C35H44ClN3O7. The maximum absolute atomic E-state index is 13.5. The van der Waals surface area contributed by atoms with Gasteiger partial charge in [-0.2, -0.15) is 0 Å². The van der Waals surface area contributed by atoms with Gasteiger partial charge >= 0.3 is 5.97 Å². The van der Waals surface area contributed by atoms with Crippen molar-refractivity contribution in [1.82, 2.24) is 16.0 Å². The third kappa shape index (κ3) is 9.80. The van der Waals surface area contributed by atoms with E-state index in [9.17, 15) is 19.2 Å². The van der Waals surface area contributed by atoms with Crippen LogP contribution in [0, 0.1) is 11.8 Å². The third-order valence-corrected chi connectivity index (χ3v) is 8.45. The molecule has 4 rings (SSSR count). The van der Waals surface area contributed by atoms with Crippen molar-refractivity contribution in [3.8, 4) is 5.75 Å². The Balaban J connectivity index is 1.58. The largest absolute Gasteiger partial charge is 0.495 e. The average molecular weight is 654 g/mol. The smallest absolute Gasteiger partial charge is 0.328 e. The lowest BCUT2D eigenvalue weighted by molar-refractivity contribution is -0.156. The Hall–Kier alpha value is -3.89. The minimum atomic E-state index is -0.951. The lowest BCUT2D eigenvalue weighted by atomic mass is 9.93.